The number of hydrogen-bond acceptors (Lipinski definition) is 3. The van der Waals surface area contributed by atoms with Gasteiger partial charge in [-0.25, -0.2) is 0 Å². The lowest BCUT2D eigenvalue weighted by Gasteiger charge is -2.16. The van der Waals surface area contributed by atoms with Crippen LogP contribution in [0.15, 0.2) is 0 Å². The van der Waals surface area contributed by atoms with Gasteiger partial charge in [-0.15, -0.1) is 0 Å². The molecule has 0 aliphatic carbocycles. The van der Waals surface area contributed by atoms with Crippen LogP contribution < -0.4 is 11.1 Å². The quantitative estimate of drug-likeness (QED) is 0.676. The lowest BCUT2D eigenvalue weighted by Crippen LogP contribution is -2.38. The molecule has 14 heavy (non-hydrogen) atoms. The Bertz CT molecular complexity index is 164. The summed E-state index contributed by atoms with van der Waals surface area (Å²) in [5.41, 5.74) is 5.39. The summed E-state index contributed by atoms with van der Waals surface area (Å²) in [6.07, 6.45) is 0.763. The van der Waals surface area contributed by atoms with Gasteiger partial charge in [-0.1, -0.05) is 13.8 Å². The number of carbonyl (C=O) groups is 1. The minimum Gasteiger partial charge on any atom is -0.353 e. The Morgan fingerprint density at radius 2 is 2.14 bits per heavy atom. The van der Waals surface area contributed by atoms with Crippen molar-refractivity contribution >= 4 is 17.7 Å². The Kier molecular flexibility index (Phi) is 7.99. The molecule has 2 atom stereocenters. The third kappa shape index (κ3) is 6.27. The zero-order chi connectivity index (χ0) is 11.0. The predicted octanol–water partition coefficient (Wildman–Crippen LogP) is 1.23. The minimum absolute atomic E-state index is 0.0362. The highest BCUT2D eigenvalue weighted by Gasteiger charge is 2.13. The number of hydrogen-bond donors (Lipinski definition) is 2. The topological polar surface area (TPSA) is 55.1 Å². The van der Waals surface area contributed by atoms with Gasteiger partial charge >= 0.3 is 0 Å². The van der Waals surface area contributed by atoms with Crippen LogP contribution in [0.2, 0.25) is 0 Å². The smallest absolute Gasteiger partial charge is 0.223 e. The molecule has 84 valence electrons. The van der Waals surface area contributed by atoms with Crippen molar-refractivity contribution in [3.8, 4) is 0 Å². The van der Waals surface area contributed by atoms with E-state index in [9.17, 15) is 4.79 Å². The number of amides is 1. The van der Waals surface area contributed by atoms with Crippen molar-refractivity contribution < 1.29 is 4.79 Å². The molecule has 0 aromatic heterocycles. The SMILES string of the molecule is CCSCC(C)NC(=O)C(C)CCN. The van der Waals surface area contributed by atoms with E-state index in [1.807, 2.05) is 25.6 Å². The van der Waals surface area contributed by atoms with Gasteiger partial charge in [0.25, 0.3) is 0 Å². The summed E-state index contributed by atoms with van der Waals surface area (Å²) in [4.78, 5) is 11.5. The Labute approximate surface area is 91.2 Å². The second kappa shape index (κ2) is 8.12. The summed E-state index contributed by atoms with van der Waals surface area (Å²) < 4.78 is 0. The van der Waals surface area contributed by atoms with Gasteiger partial charge in [0, 0.05) is 17.7 Å². The minimum atomic E-state index is 0.0362. The lowest BCUT2D eigenvalue weighted by molar-refractivity contribution is -0.125. The van der Waals surface area contributed by atoms with Crippen LogP contribution in [0.1, 0.15) is 27.2 Å². The standard InChI is InChI=1S/C10H22N2OS/c1-4-14-7-9(3)12-10(13)8(2)5-6-11/h8-9H,4-7,11H2,1-3H3,(H,12,13). The fraction of sp³-hybridized carbons (Fsp3) is 0.900. The van der Waals surface area contributed by atoms with E-state index in [2.05, 4.69) is 12.2 Å². The lowest BCUT2D eigenvalue weighted by atomic mass is 10.1. The fourth-order valence-electron chi connectivity index (χ4n) is 1.10. The molecule has 1 amide bonds. The molecular formula is C10H22N2OS. The molecule has 0 aromatic carbocycles. The number of nitrogens with two attached hydrogens (primary N) is 1. The van der Waals surface area contributed by atoms with E-state index in [-0.39, 0.29) is 17.9 Å². The zero-order valence-electron chi connectivity index (χ0n) is 9.38. The molecule has 2 unspecified atom stereocenters. The number of carbonyl (C=O) groups excluding carboxylic acids is 1. The van der Waals surface area contributed by atoms with Crippen molar-refractivity contribution in [3.63, 3.8) is 0 Å². The highest BCUT2D eigenvalue weighted by Crippen LogP contribution is 2.04. The molecule has 0 aliphatic rings. The molecular weight excluding hydrogens is 196 g/mol. The summed E-state index contributed by atoms with van der Waals surface area (Å²) >= 11 is 1.84. The Balaban J connectivity index is 3.69. The molecule has 0 aliphatic heterocycles. The van der Waals surface area contributed by atoms with Crippen LogP contribution in [0.25, 0.3) is 0 Å². The van der Waals surface area contributed by atoms with Crippen LogP contribution in [0.3, 0.4) is 0 Å². The van der Waals surface area contributed by atoms with Gasteiger partial charge in [0.1, 0.15) is 0 Å². The third-order valence-electron chi connectivity index (χ3n) is 2.01. The first-order valence-corrected chi connectivity index (χ1v) is 6.35. The second-order valence-corrected chi connectivity index (χ2v) is 4.87. The van der Waals surface area contributed by atoms with Crippen LogP contribution >= 0.6 is 11.8 Å². The molecule has 0 saturated carbocycles. The molecule has 3 N–H and O–H groups in total. The van der Waals surface area contributed by atoms with Gasteiger partial charge in [0.2, 0.25) is 5.91 Å². The summed E-state index contributed by atoms with van der Waals surface area (Å²) in [5.74, 6) is 2.24. The number of rotatable bonds is 7. The van der Waals surface area contributed by atoms with Gasteiger partial charge < -0.3 is 11.1 Å². The molecule has 0 aromatic rings. The van der Waals surface area contributed by atoms with Crippen molar-refractivity contribution in [2.45, 2.75) is 33.2 Å². The first-order valence-electron chi connectivity index (χ1n) is 5.20. The van der Waals surface area contributed by atoms with Gasteiger partial charge in [0.15, 0.2) is 0 Å². The fourth-order valence-corrected chi connectivity index (χ4v) is 1.78. The Morgan fingerprint density at radius 1 is 1.50 bits per heavy atom. The average Bonchev–Trinajstić information content (AvgIpc) is 2.15. The average molecular weight is 218 g/mol. The number of thioether (sulfide) groups is 1. The first kappa shape index (κ1) is 13.8. The van der Waals surface area contributed by atoms with E-state index in [1.54, 1.807) is 0 Å². The van der Waals surface area contributed by atoms with Crippen molar-refractivity contribution in [1.82, 2.24) is 5.32 Å². The first-order chi connectivity index (χ1) is 6.61. The molecule has 0 radical (unpaired) electrons. The van der Waals surface area contributed by atoms with Crippen molar-refractivity contribution in [2.24, 2.45) is 11.7 Å². The van der Waals surface area contributed by atoms with Crippen LogP contribution in [-0.2, 0) is 4.79 Å². The third-order valence-corrected chi connectivity index (χ3v) is 3.15. The molecule has 0 saturated heterocycles. The molecule has 0 spiro atoms. The van der Waals surface area contributed by atoms with Gasteiger partial charge in [-0.05, 0) is 25.6 Å². The largest absolute Gasteiger partial charge is 0.353 e. The molecule has 0 fully saturated rings. The van der Waals surface area contributed by atoms with Gasteiger partial charge in [-0.3, -0.25) is 4.79 Å². The van der Waals surface area contributed by atoms with Crippen molar-refractivity contribution in [2.75, 3.05) is 18.1 Å². The highest BCUT2D eigenvalue weighted by atomic mass is 32.2. The predicted molar refractivity (Wildman–Crippen MR) is 63.4 cm³/mol. The molecule has 0 heterocycles. The summed E-state index contributed by atoms with van der Waals surface area (Å²) in [5, 5.41) is 2.98. The molecule has 4 heteroatoms. The maximum Gasteiger partial charge on any atom is 0.223 e. The zero-order valence-corrected chi connectivity index (χ0v) is 10.2. The van der Waals surface area contributed by atoms with E-state index in [1.165, 1.54) is 0 Å². The Morgan fingerprint density at radius 3 is 2.64 bits per heavy atom. The second-order valence-electron chi connectivity index (χ2n) is 3.55. The van der Waals surface area contributed by atoms with Gasteiger partial charge in [0.05, 0.1) is 0 Å². The van der Waals surface area contributed by atoms with E-state index >= 15 is 0 Å². The van der Waals surface area contributed by atoms with Crippen LogP contribution in [-0.4, -0.2) is 30.0 Å². The molecule has 3 nitrogen and oxygen atoms in total. The van der Waals surface area contributed by atoms with Crippen LogP contribution in [0.5, 0.6) is 0 Å². The van der Waals surface area contributed by atoms with Crippen molar-refractivity contribution in [3.05, 3.63) is 0 Å². The van der Waals surface area contributed by atoms with Crippen LogP contribution in [0, 0.1) is 5.92 Å². The van der Waals surface area contributed by atoms with Crippen LogP contribution in [0.4, 0.5) is 0 Å². The monoisotopic (exact) mass is 218 g/mol. The highest BCUT2D eigenvalue weighted by molar-refractivity contribution is 7.99. The Hall–Kier alpha value is -0.220. The molecule has 0 bridgehead atoms. The summed E-state index contributed by atoms with van der Waals surface area (Å²) in [7, 11) is 0. The van der Waals surface area contributed by atoms with E-state index in [4.69, 9.17) is 5.73 Å². The van der Waals surface area contributed by atoms with E-state index in [0.29, 0.717) is 6.54 Å². The maximum absolute atomic E-state index is 11.5. The van der Waals surface area contributed by atoms with Gasteiger partial charge in [-0.2, -0.15) is 11.8 Å². The summed E-state index contributed by atoms with van der Waals surface area (Å²) in [6.45, 7) is 6.65. The number of nitrogens with one attached hydrogen (secondary N) is 1. The van der Waals surface area contributed by atoms with E-state index in [0.717, 1.165) is 17.9 Å². The van der Waals surface area contributed by atoms with E-state index < -0.39 is 0 Å². The normalized spacial score (nSPS) is 14.9. The maximum atomic E-state index is 11.5. The molecule has 0 rings (SSSR count). The van der Waals surface area contributed by atoms with Crippen molar-refractivity contribution in [1.29, 1.82) is 0 Å². The summed E-state index contributed by atoms with van der Waals surface area (Å²) in [6, 6.07) is 0.257.